The van der Waals surface area contributed by atoms with E-state index in [0.29, 0.717) is 0 Å². The van der Waals surface area contributed by atoms with Gasteiger partial charge in [0.05, 0.1) is 7.11 Å². The van der Waals surface area contributed by atoms with E-state index in [2.05, 4.69) is 39.9 Å². The van der Waals surface area contributed by atoms with Crippen LogP contribution in [0.25, 0.3) is 0 Å². The molecule has 1 aromatic carbocycles. The lowest BCUT2D eigenvalue weighted by Crippen LogP contribution is -2.38. The van der Waals surface area contributed by atoms with E-state index in [1.807, 2.05) is 19.2 Å². The van der Waals surface area contributed by atoms with E-state index in [-0.39, 0.29) is 12.0 Å². The molecule has 0 spiro atoms. The normalized spacial score (nSPS) is 12.5. The maximum atomic E-state index is 11.8. The molecule has 4 heteroatoms. The second kappa shape index (κ2) is 8.33. The van der Waals surface area contributed by atoms with Crippen molar-refractivity contribution in [3.05, 3.63) is 34.3 Å². The molecule has 1 unspecified atom stereocenters. The van der Waals surface area contributed by atoms with Gasteiger partial charge >= 0.3 is 5.97 Å². The first-order chi connectivity index (χ1) is 9.08. The number of ether oxygens (including phenoxy) is 1. The van der Waals surface area contributed by atoms with Crippen LogP contribution in [-0.4, -0.2) is 31.1 Å². The van der Waals surface area contributed by atoms with Crippen molar-refractivity contribution in [3.8, 4) is 0 Å². The molecule has 0 heterocycles. The quantitative estimate of drug-likeness (QED) is 0.716. The van der Waals surface area contributed by atoms with Gasteiger partial charge in [0.15, 0.2) is 0 Å². The molecule has 106 valence electrons. The molecule has 19 heavy (non-hydrogen) atoms. The molecule has 1 rings (SSSR count). The lowest BCUT2D eigenvalue weighted by molar-refractivity contribution is -0.147. The number of carbonyl (C=O) groups is 1. The van der Waals surface area contributed by atoms with Crippen molar-refractivity contribution < 1.29 is 9.53 Å². The molecule has 1 atom stereocenters. The third kappa shape index (κ3) is 5.33. The number of esters is 1. The van der Waals surface area contributed by atoms with Crippen molar-refractivity contribution in [2.45, 2.75) is 38.8 Å². The van der Waals surface area contributed by atoms with E-state index in [1.165, 1.54) is 12.7 Å². The van der Waals surface area contributed by atoms with E-state index in [4.69, 9.17) is 4.74 Å². The summed E-state index contributed by atoms with van der Waals surface area (Å²) in [5.41, 5.74) is 1.19. The summed E-state index contributed by atoms with van der Waals surface area (Å²) < 4.78 is 5.96. The summed E-state index contributed by atoms with van der Waals surface area (Å²) in [7, 11) is 3.42. The minimum Gasteiger partial charge on any atom is -0.468 e. The third-order valence-electron chi connectivity index (χ3n) is 3.18. The van der Waals surface area contributed by atoms with Gasteiger partial charge in [-0.15, -0.1) is 0 Å². The molecule has 0 bridgehead atoms. The van der Waals surface area contributed by atoms with Crippen LogP contribution in [0.4, 0.5) is 0 Å². The highest BCUT2D eigenvalue weighted by molar-refractivity contribution is 9.10. The number of hydrogen-bond acceptors (Lipinski definition) is 3. The fourth-order valence-corrected chi connectivity index (χ4v) is 2.30. The van der Waals surface area contributed by atoms with Gasteiger partial charge in [0, 0.05) is 11.0 Å². The fraction of sp³-hybridized carbons (Fsp3) is 0.533. The summed E-state index contributed by atoms with van der Waals surface area (Å²) >= 11 is 3.42. The number of halogens is 1. The minimum atomic E-state index is -0.159. The van der Waals surface area contributed by atoms with E-state index in [0.717, 1.165) is 30.3 Å². The van der Waals surface area contributed by atoms with Gasteiger partial charge in [-0.1, -0.05) is 47.8 Å². The Morgan fingerprint density at radius 3 is 2.53 bits per heavy atom. The van der Waals surface area contributed by atoms with Crippen LogP contribution in [-0.2, 0) is 16.1 Å². The summed E-state index contributed by atoms with van der Waals surface area (Å²) in [6.45, 7) is 2.87. The van der Waals surface area contributed by atoms with Gasteiger partial charge in [-0.3, -0.25) is 9.69 Å². The number of methoxy groups -OCH3 is 1. The van der Waals surface area contributed by atoms with E-state index >= 15 is 0 Å². The summed E-state index contributed by atoms with van der Waals surface area (Å²) in [5, 5.41) is 0. The zero-order valence-electron chi connectivity index (χ0n) is 11.9. The standard InChI is InChI=1S/C15H22BrNO2/c1-4-5-6-14(15(18)19-3)17(2)11-12-7-9-13(16)10-8-12/h7-10,14H,4-6,11H2,1-3H3. The Kier molecular flexibility index (Phi) is 7.10. The van der Waals surface area contributed by atoms with Crippen molar-refractivity contribution in [2.75, 3.05) is 14.2 Å². The van der Waals surface area contributed by atoms with E-state index in [1.54, 1.807) is 0 Å². The van der Waals surface area contributed by atoms with E-state index < -0.39 is 0 Å². The lowest BCUT2D eigenvalue weighted by atomic mass is 10.1. The zero-order valence-corrected chi connectivity index (χ0v) is 13.4. The smallest absolute Gasteiger partial charge is 0.323 e. The Bertz CT molecular complexity index is 392. The number of carbonyl (C=O) groups excluding carboxylic acids is 1. The van der Waals surface area contributed by atoms with Crippen molar-refractivity contribution in [2.24, 2.45) is 0 Å². The van der Waals surface area contributed by atoms with Gasteiger partial charge in [-0.25, -0.2) is 0 Å². The molecule has 0 saturated carbocycles. The number of rotatable bonds is 7. The van der Waals surface area contributed by atoms with Gasteiger partial charge in [-0.05, 0) is 31.2 Å². The molecule has 0 fully saturated rings. The second-order valence-electron chi connectivity index (χ2n) is 4.72. The topological polar surface area (TPSA) is 29.5 Å². The molecule has 0 amide bonds. The molecule has 3 nitrogen and oxygen atoms in total. The fourth-order valence-electron chi connectivity index (χ4n) is 2.04. The maximum Gasteiger partial charge on any atom is 0.323 e. The summed E-state index contributed by atoms with van der Waals surface area (Å²) in [4.78, 5) is 13.9. The molecule has 0 aliphatic heterocycles. The molecule has 0 saturated heterocycles. The highest BCUT2D eigenvalue weighted by Gasteiger charge is 2.23. The van der Waals surface area contributed by atoms with Gasteiger partial charge in [0.25, 0.3) is 0 Å². The van der Waals surface area contributed by atoms with E-state index in [9.17, 15) is 4.79 Å². The second-order valence-corrected chi connectivity index (χ2v) is 5.64. The lowest BCUT2D eigenvalue weighted by Gasteiger charge is -2.25. The number of likely N-dealkylation sites (N-methyl/N-ethyl adjacent to an activating group) is 1. The average molecular weight is 328 g/mol. The number of hydrogen-bond donors (Lipinski definition) is 0. The third-order valence-corrected chi connectivity index (χ3v) is 3.71. The average Bonchev–Trinajstić information content (AvgIpc) is 2.41. The molecule has 0 aliphatic carbocycles. The number of benzene rings is 1. The molecular formula is C15H22BrNO2. The Hall–Kier alpha value is -0.870. The largest absolute Gasteiger partial charge is 0.468 e. The first kappa shape index (κ1) is 16.2. The van der Waals surface area contributed by atoms with Crippen LogP contribution in [0.5, 0.6) is 0 Å². The minimum absolute atomic E-state index is 0.145. The Morgan fingerprint density at radius 1 is 1.37 bits per heavy atom. The number of unbranched alkanes of at least 4 members (excludes halogenated alkanes) is 1. The van der Waals surface area contributed by atoms with Crippen LogP contribution in [0.1, 0.15) is 31.7 Å². The van der Waals surface area contributed by atoms with Gasteiger partial charge in [-0.2, -0.15) is 0 Å². The highest BCUT2D eigenvalue weighted by Crippen LogP contribution is 2.15. The molecule has 0 aliphatic rings. The van der Waals surface area contributed by atoms with Gasteiger partial charge in [0.1, 0.15) is 6.04 Å². The Morgan fingerprint density at radius 2 is 2.00 bits per heavy atom. The highest BCUT2D eigenvalue weighted by atomic mass is 79.9. The van der Waals surface area contributed by atoms with Crippen LogP contribution in [0, 0.1) is 0 Å². The predicted octanol–water partition coefficient (Wildman–Crippen LogP) is 3.61. The summed E-state index contributed by atoms with van der Waals surface area (Å²) in [6, 6.07) is 8.00. The van der Waals surface area contributed by atoms with Crippen molar-refractivity contribution in [3.63, 3.8) is 0 Å². The van der Waals surface area contributed by atoms with Gasteiger partial charge < -0.3 is 4.74 Å². The summed E-state index contributed by atoms with van der Waals surface area (Å²) in [6.07, 6.45) is 2.96. The molecule has 1 aromatic rings. The van der Waals surface area contributed by atoms with Crippen LogP contribution < -0.4 is 0 Å². The van der Waals surface area contributed by atoms with Crippen LogP contribution in [0.15, 0.2) is 28.7 Å². The van der Waals surface area contributed by atoms with Crippen molar-refractivity contribution >= 4 is 21.9 Å². The first-order valence-electron chi connectivity index (χ1n) is 6.61. The van der Waals surface area contributed by atoms with Gasteiger partial charge in [0.2, 0.25) is 0 Å². The molecule has 0 aromatic heterocycles. The summed E-state index contributed by atoms with van der Waals surface area (Å²) in [5.74, 6) is -0.145. The molecular weight excluding hydrogens is 306 g/mol. The van der Waals surface area contributed by atoms with Crippen LogP contribution in [0.3, 0.4) is 0 Å². The van der Waals surface area contributed by atoms with Crippen molar-refractivity contribution in [1.82, 2.24) is 4.90 Å². The Balaban J connectivity index is 2.67. The zero-order chi connectivity index (χ0) is 14.3. The van der Waals surface area contributed by atoms with Crippen LogP contribution in [0.2, 0.25) is 0 Å². The SMILES string of the molecule is CCCCC(C(=O)OC)N(C)Cc1ccc(Br)cc1. The number of nitrogens with zero attached hydrogens (tertiary/aromatic N) is 1. The molecule has 0 radical (unpaired) electrons. The van der Waals surface area contributed by atoms with Crippen molar-refractivity contribution in [1.29, 1.82) is 0 Å². The van der Waals surface area contributed by atoms with Crippen LogP contribution >= 0.6 is 15.9 Å². The maximum absolute atomic E-state index is 11.8. The Labute approximate surface area is 124 Å². The first-order valence-corrected chi connectivity index (χ1v) is 7.40. The predicted molar refractivity (Wildman–Crippen MR) is 80.9 cm³/mol. The monoisotopic (exact) mass is 327 g/mol. The molecule has 0 N–H and O–H groups in total.